The van der Waals surface area contributed by atoms with Gasteiger partial charge in [-0.15, -0.1) is 0 Å². The Hall–Kier alpha value is -1.89. The molecule has 0 bridgehead atoms. The molecule has 0 radical (unpaired) electrons. The SMILES string of the molecule is Cn1c(C[C@H]2CCCC[C@H]2NCc2cnn3c2CCC3)n[nH]c1=O. The summed E-state index contributed by atoms with van der Waals surface area (Å²) in [5.41, 5.74) is 2.63. The summed E-state index contributed by atoms with van der Waals surface area (Å²) < 4.78 is 3.78. The molecule has 24 heavy (non-hydrogen) atoms. The first-order valence-corrected chi connectivity index (χ1v) is 9.09. The van der Waals surface area contributed by atoms with Gasteiger partial charge >= 0.3 is 5.69 Å². The lowest BCUT2D eigenvalue weighted by molar-refractivity contribution is 0.254. The molecule has 0 aromatic carbocycles. The van der Waals surface area contributed by atoms with Gasteiger partial charge in [-0.25, -0.2) is 9.89 Å². The quantitative estimate of drug-likeness (QED) is 0.861. The molecular weight excluding hydrogens is 304 g/mol. The summed E-state index contributed by atoms with van der Waals surface area (Å²) in [5, 5.41) is 15.0. The standard InChI is InChI=1S/C17H26N6O/c1-22-16(20-21-17(22)24)9-12-5-2-3-6-14(12)18-10-13-11-19-23-8-4-7-15(13)23/h11-12,14,18H,2-10H2,1H3,(H,21,24)/t12-,14-/m1/s1. The molecule has 7 heteroatoms. The third-order valence-electron chi connectivity index (χ3n) is 5.70. The number of aromatic nitrogens is 5. The average Bonchev–Trinajstić information content (AvgIpc) is 3.27. The molecule has 0 spiro atoms. The molecule has 2 atom stereocenters. The zero-order valence-electron chi connectivity index (χ0n) is 14.3. The van der Waals surface area contributed by atoms with Gasteiger partial charge in [-0.3, -0.25) is 9.25 Å². The predicted molar refractivity (Wildman–Crippen MR) is 90.7 cm³/mol. The monoisotopic (exact) mass is 330 g/mol. The van der Waals surface area contributed by atoms with Gasteiger partial charge in [-0.1, -0.05) is 12.8 Å². The molecule has 1 aliphatic heterocycles. The van der Waals surface area contributed by atoms with Crippen molar-refractivity contribution in [3.05, 3.63) is 33.8 Å². The Morgan fingerprint density at radius 1 is 1.33 bits per heavy atom. The van der Waals surface area contributed by atoms with Crippen molar-refractivity contribution < 1.29 is 0 Å². The van der Waals surface area contributed by atoms with Crippen molar-refractivity contribution in [2.75, 3.05) is 0 Å². The van der Waals surface area contributed by atoms with Gasteiger partial charge in [0.15, 0.2) is 0 Å². The summed E-state index contributed by atoms with van der Waals surface area (Å²) in [6.45, 7) is 1.96. The van der Waals surface area contributed by atoms with Crippen LogP contribution in [0.15, 0.2) is 11.0 Å². The van der Waals surface area contributed by atoms with Gasteiger partial charge in [0.25, 0.3) is 0 Å². The lowest BCUT2D eigenvalue weighted by atomic mass is 9.82. The minimum absolute atomic E-state index is 0.124. The van der Waals surface area contributed by atoms with Crippen LogP contribution in [0.5, 0.6) is 0 Å². The van der Waals surface area contributed by atoms with Gasteiger partial charge in [-0.05, 0) is 31.6 Å². The first-order chi connectivity index (χ1) is 11.7. The van der Waals surface area contributed by atoms with Crippen LogP contribution in [-0.4, -0.2) is 30.6 Å². The number of nitrogens with one attached hydrogen (secondary N) is 2. The molecular formula is C17H26N6O. The average molecular weight is 330 g/mol. The highest BCUT2D eigenvalue weighted by atomic mass is 16.1. The Morgan fingerprint density at radius 3 is 3.04 bits per heavy atom. The fourth-order valence-electron chi connectivity index (χ4n) is 4.23. The van der Waals surface area contributed by atoms with E-state index in [0.29, 0.717) is 12.0 Å². The number of nitrogens with zero attached hydrogens (tertiary/aromatic N) is 4. The Kier molecular flexibility index (Phi) is 4.26. The number of aryl methyl sites for hydroxylation is 1. The number of hydrogen-bond acceptors (Lipinski definition) is 4. The molecule has 2 aliphatic rings. The van der Waals surface area contributed by atoms with Gasteiger partial charge in [0.2, 0.25) is 0 Å². The first kappa shape index (κ1) is 15.6. The van der Waals surface area contributed by atoms with Crippen molar-refractivity contribution >= 4 is 0 Å². The van der Waals surface area contributed by atoms with Crippen molar-refractivity contribution in [3.63, 3.8) is 0 Å². The molecule has 1 saturated carbocycles. The molecule has 0 saturated heterocycles. The number of aromatic amines is 1. The fraction of sp³-hybridized carbons (Fsp3) is 0.706. The second-order valence-electron chi connectivity index (χ2n) is 7.18. The second-order valence-corrected chi connectivity index (χ2v) is 7.18. The van der Waals surface area contributed by atoms with Crippen LogP contribution in [0.25, 0.3) is 0 Å². The van der Waals surface area contributed by atoms with Crippen molar-refractivity contribution in [1.29, 1.82) is 0 Å². The zero-order valence-corrected chi connectivity index (χ0v) is 14.3. The molecule has 2 aromatic heterocycles. The van der Waals surface area contributed by atoms with Crippen LogP contribution in [-0.2, 0) is 33.0 Å². The lowest BCUT2D eigenvalue weighted by Gasteiger charge is -2.32. The van der Waals surface area contributed by atoms with Crippen LogP contribution in [0.2, 0.25) is 0 Å². The number of H-pyrrole nitrogens is 1. The maximum absolute atomic E-state index is 11.6. The minimum atomic E-state index is -0.124. The number of hydrogen-bond donors (Lipinski definition) is 2. The Labute approximate surface area is 141 Å². The highest BCUT2D eigenvalue weighted by molar-refractivity contribution is 5.20. The molecule has 3 heterocycles. The molecule has 1 fully saturated rings. The summed E-state index contributed by atoms with van der Waals surface area (Å²) in [6, 6.07) is 0.488. The molecule has 1 aliphatic carbocycles. The molecule has 4 rings (SSSR count). The van der Waals surface area contributed by atoms with Crippen LogP contribution in [0.4, 0.5) is 0 Å². The third-order valence-corrected chi connectivity index (χ3v) is 5.70. The van der Waals surface area contributed by atoms with Gasteiger partial charge in [-0.2, -0.15) is 10.2 Å². The largest absolute Gasteiger partial charge is 0.343 e. The van der Waals surface area contributed by atoms with Crippen LogP contribution in [0, 0.1) is 5.92 Å². The number of rotatable bonds is 5. The molecule has 0 amide bonds. The first-order valence-electron chi connectivity index (χ1n) is 9.09. The highest BCUT2D eigenvalue weighted by Crippen LogP contribution is 2.27. The Morgan fingerprint density at radius 2 is 2.21 bits per heavy atom. The van der Waals surface area contributed by atoms with Crippen LogP contribution in [0.3, 0.4) is 0 Å². The van der Waals surface area contributed by atoms with E-state index in [4.69, 9.17) is 0 Å². The van der Waals surface area contributed by atoms with E-state index in [1.165, 1.54) is 43.4 Å². The van der Waals surface area contributed by atoms with Crippen LogP contribution < -0.4 is 11.0 Å². The number of fused-ring (bicyclic) bond motifs is 1. The van der Waals surface area contributed by atoms with E-state index in [2.05, 4.69) is 25.3 Å². The van der Waals surface area contributed by atoms with E-state index in [9.17, 15) is 4.79 Å². The van der Waals surface area contributed by atoms with Crippen LogP contribution >= 0.6 is 0 Å². The van der Waals surface area contributed by atoms with E-state index in [1.54, 1.807) is 11.6 Å². The summed E-state index contributed by atoms with van der Waals surface area (Å²) >= 11 is 0. The molecule has 130 valence electrons. The van der Waals surface area contributed by atoms with Crippen molar-refractivity contribution in [3.8, 4) is 0 Å². The molecule has 2 aromatic rings. The maximum Gasteiger partial charge on any atom is 0.343 e. The van der Waals surface area contributed by atoms with Crippen LogP contribution in [0.1, 0.15) is 49.2 Å². The summed E-state index contributed by atoms with van der Waals surface area (Å²) in [7, 11) is 1.79. The minimum Gasteiger partial charge on any atom is -0.310 e. The van der Waals surface area contributed by atoms with Gasteiger partial charge in [0.1, 0.15) is 5.82 Å². The van der Waals surface area contributed by atoms with Crippen molar-refractivity contribution in [2.45, 2.75) is 64.1 Å². The van der Waals surface area contributed by atoms with Gasteiger partial charge < -0.3 is 5.32 Å². The Balaban J connectivity index is 1.42. The molecule has 7 nitrogen and oxygen atoms in total. The summed E-state index contributed by atoms with van der Waals surface area (Å²) in [6.07, 6.45) is 10.2. The second kappa shape index (κ2) is 6.55. The van der Waals surface area contributed by atoms with Gasteiger partial charge in [0.05, 0.1) is 6.20 Å². The zero-order chi connectivity index (χ0) is 16.5. The van der Waals surface area contributed by atoms with Crippen molar-refractivity contribution in [1.82, 2.24) is 29.9 Å². The predicted octanol–water partition coefficient (Wildman–Crippen LogP) is 1.14. The highest BCUT2D eigenvalue weighted by Gasteiger charge is 2.27. The lowest BCUT2D eigenvalue weighted by Crippen LogP contribution is -2.39. The Bertz CT molecular complexity index is 757. The topological polar surface area (TPSA) is 80.5 Å². The van der Waals surface area contributed by atoms with E-state index in [1.807, 2.05) is 6.20 Å². The summed E-state index contributed by atoms with van der Waals surface area (Å²) in [4.78, 5) is 11.6. The van der Waals surface area contributed by atoms with Gasteiger partial charge in [0, 0.05) is 43.9 Å². The van der Waals surface area contributed by atoms with Crippen molar-refractivity contribution in [2.24, 2.45) is 13.0 Å². The van der Waals surface area contributed by atoms with E-state index < -0.39 is 0 Å². The van der Waals surface area contributed by atoms with E-state index in [-0.39, 0.29) is 5.69 Å². The maximum atomic E-state index is 11.6. The third kappa shape index (κ3) is 2.92. The van der Waals surface area contributed by atoms with E-state index >= 15 is 0 Å². The fourth-order valence-corrected chi connectivity index (χ4v) is 4.23. The molecule has 2 N–H and O–H groups in total. The molecule has 0 unspecified atom stereocenters. The smallest absolute Gasteiger partial charge is 0.310 e. The summed E-state index contributed by atoms with van der Waals surface area (Å²) in [5.74, 6) is 1.40. The van der Waals surface area contributed by atoms with E-state index in [0.717, 1.165) is 31.8 Å². The normalized spacial score (nSPS) is 23.5.